The minimum atomic E-state index is -0.258. The van der Waals surface area contributed by atoms with Crippen LogP contribution in [-0.2, 0) is 0 Å². The zero-order chi connectivity index (χ0) is 18.7. The lowest BCUT2D eigenvalue weighted by Crippen LogP contribution is -2.28. The molecule has 26 heavy (non-hydrogen) atoms. The quantitative estimate of drug-likeness (QED) is 0.607. The Labute approximate surface area is 164 Å². The summed E-state index contributed by atoms with van der Waals surface area (Å²) in [7, 11) is 0. The van der Waals surface area contributed by atoms with Gasteiger partial charge in [-0.2, -0.15) is 5.10 Å². The van der Waals surface area contributed by atoms with Crippen LogP contribution in [0.1, 0.15) is 21.7 Å². The van der Waals surface area contributed by atoms with Gasteiger partial charge in [-0.15, -0.1) is 11.3 Å². The fourth-order valence-corrected chi connectivity index (χ4v) is 3.84. The standard InChI is InChI=1S/C16H16Cl2N6OS/c1-9-5-10(2)24(23-9)14-7-13(21-8-22-14)19-3-4-20-16(25)11-6-12(17)26-15(11)18/h5-8H,3-4H2,1-2H3,(H,20,25)(H,19,21,22). The van der Waals surface area contributed by atoms with Crippen LogP contribution in [0.5, 0.6) is 0 Å². The van der Waals surface area contributed by atoms with Crippen LogP contribution >= 0.6 is 34.5 Å². The normalized spacial score (nSPS) is 10.8. The summed E-state index contributed by atoms with van der Waals surface area (Å²) in [4.78, 5) is 20.5. The molecule has 2 N–H and O–H groups in total. The summed E-state index contributed by atoms with van der Waals surface area (Å²) >= 11 is 13.0. The second-order valence-electron chi connectivity index (χ2n) is 5.52. The molecule has 1 amide bonds. The highest BCUT2D eigenvalue weighted by molar-refractivity contribution is 7.20. The summed E-state index contributed by atoms with van der Waals surface area (Å²) in [5, 5.41) is 10.3. The average molecular weight is 411 g/mol. The summed E-state index contributed by atoms with van der Waals surface area (Å²) in [5.41, 5.74) is 2.30. The minimum Gasteiger partial charge on any atom is -0.368 e. The van der Waals surface area contributed by atoms with Gasteiger partial charge in [-0.3, -0.25) is 4.79 Å². The molecule has 0 bridgehead atoms. The first-order chi connectivity index (χ1) is 12.4. The molecule has 0 saturated carbocycles. The second-order valence-corrected chi connectivity index (χ2v) is 7.81. The Kier molecular flexibility index (Phi) is 5.75. The zero-order valence-electron chi connectivity index (χ0n) is 14.1. The Bertz CT molecular complexity index is 939. The van der Waals surface area contributed by atoms with E-state index in [0.29, 0.717) is 39.0 Å². The number of aryl methyl sites for hydroxylation is 2. The Balaban J connectivity index is 1.55. The Morgan fingerprint density at radius 3 is 2.65 bits per heavy atom. The van der Waals surface area contributed by atoms with Gasteiger partial charge in [0.25, 0.3) is 5.91 Å². The Morgan fingerprint density at radius 2 is 2.00 bits per heavy atom. The lowest BCUT2D eigenvalue weighted by Gasteiger charge is -2.09. The van der Waals surface area contributed by atoms with Gasteiger partial charge in [0.05, 0.1) is 15.6 Å². The summed E-state index contributed by atoms with van der Waals surface area (Å²) in [6, 6.07) is 5.34. The van der Waals surface area contributed by atoms with Crippen molar-refractivity contribution in [3.63, 3.8) is 0 Å². The van der Waals surface area contributed by atoms with Crippen molar-refractivity contribution >= 4 is 46.3 Å². The first-order valence-corrected chi connectivity index (χ1v) is 9.34. The number of nitrogens with one attached hydrogen (secondary N) is 2. The van der Waals surface area contributed by atoms with E-state index in [1.54, 1.807) is 16.8 Å². The van der Waals surface area contributed by atoms with Crippen molar-refractivity contribution in [3.05, 3.63) is 50.2 Å². The van der Waals surface area contributed by atoms with E-state index in [2.05, 4.69) is 25.7 Å². The summed E-state index contributed by atoms with van der Waals surface area (Å²) in [6.45, 7) is 4.79. The van der Waals surface area contributed by atoms with Crippen molar-refractivity contribution in [2.45, 2.75) is 13.8 Å². The van der Waals surface area contributed by atoms with Crippen LogP contribution in [0.4, 0.5) is 5.82 Å². The van der Waals surface area contributed by atoms with Gasteiger partial charge < -0.3 is 10.6 Å². The molecule has 0 spiro atoms. The van der Waals surface area contributed by atoms with Gasteiger partial charge in [0.15, 0.2) is 5.82 Å². The van der Waals surface area contributed by atoms with Crippen LogP contribution in [0.25, 0.3) is 5.82 Å². The van der Waals surface area contributed by atoms with E-state index in [1.165, 1.54) is 17.7 Å². The molecule has 136 valence electrons. The molecule has 0 fully saturated rings. The van der Waals surface area contributed by atoms with E-state index in [1.807, 2.05) is 19.9 Å². The third-order valence-corrected chi connectivity index (χ3v) is 4.98. The summed E-state index contributed by atoms with van der Waals surface area (Å²) in [6.07, 6.45) is 1.47. The predicted octanol–water partition coefficient (Wildman–Crippen LogP) is 3.49. The van der Waals surface area contributed by atoms with Crippen molar-refractivity contribution in [3.8, 4) is 5.82 Å². The molecule has 0 atom stereocenters. The van der Waals surface area contributed by atoms with Crippen LogP contribution in [-0.4, -0.2) is 38.7 Å². The number of halogens is 2. The lowest BCUT2D eigenvalue weighted by molar-refractivity contribution is 0.0956. The maximum atomic E-state index is 12.1. The first-order valence-electron chi connectivity index (χ1n) is 7.76. The molecule has 0 aliphatic rings. The predicted molar refractivity (Wildman–Crippen MR) is 104 cm³/mol. The molecule has 3 rings (SSSR count). The molecule has 0 radical (unpaired) electrons. The molecule has 7 nitrogen and oxygen atoms in total. The fourth-order valence-electron chi connectivity index (χ4n) is 2.38. The number of anilines is 1. The molecule has 3 aromatic rings. The molecule has 0 aromatic carbocycles. The van der Waals surface area contributed by atoms with E-state index in [-0.39, 0.29) is 5.91 Å². The van der Waals surface area contributed by atoms with Crippen LogP contribution in [0.3, 0.4) is 0 Å². The number of nitrogens with zero attached hydrogens (tertiary/aromatic N) is 4. The molecule has 0 saturated heterocycles. The van der Waals surface area contributed by atoms with Gasteiger partial charge in [-0.1, -0.05) is 23.2 Å². The van der Waals surface area contributed by atoms with E-state index in [4.69, 9.17) is 23.2 Å². The maximum absolute atomic E-state index is 12.1. The second kappa shape index (κ2) is 8.03. The number of aromatic nitrogens is 4. The number of hydrogen-bond acceptors (Lipinski definition) is 6. The van der Waals surface area contributed by atoms with Gasteiger partial charge in [0.2, 0.25) is 0 Å². The van der Waals surface area contributed by atoms with Crippen molar-refractivity contribution in [2.75, 3.05) is 18.4 Å². The van der Waals surface area contributed by atoms with Crippen LogP contribution in [0, 0.1) is 13.8 Å². The lowest BCUT2D eigenvalue weighted by atomic mass is 10.3. The smallest absolute Gasteiger partial charge is 0.253 e. The monoisotopic (exact) mass is 410 g/mol. The SMILES string of the molecule is Cc1cc(C)n(-c2cc(NCCNC(=O)c3cc(Cl)sc3Cl)ncn2)n1. The summed E-state index contributed by atoms with van der Waals surface area (Å²) < 4.78 is 2.62. The maximum Gasteiger partial charge on any atom is 0.253 e. The molecule has 0 aliphatic heterocycles. The van der Waals surface area contributed by atoms with Crippen LogP contribution in [0.2, 0.25) is 8.67 Å². The fraction of sp³-hybridized carbons (Fsp3) is 0.250. The number of carbonyl (C=O) groups excluding carboxylic acids is 1. The van der Waals surface area contributed by atoms with E-state index in [0.717, 1.165) is 11.4 Å². The number of amides is 1. The third-order valence-electron chi connectivity index (χ3n) is 3.50. The molecular formula is C16H16Cl2N6OS. The van der Waals surface area contributed by atoms with Crippen molar-refractivity contribution in [2.24, 2.45) is 0 Å². The van der Waals surface area contributed by atoms with Gasteiger partial charge in [0.1, 0.15) is 16.5 Å². The molecule has 3 heterocycles. The molecule has 0 unspecified atom stereocenters. The first kappa shape index (κ1) is 18.6. The van der Waals surface area contributed by atoms with Gasteiger partial charge >= 0.3 is 0 Å². The third kappa shape index (κ3) is 4.32. The number of rotatable bonds is 6. The van der Waals surface area contributed by atoms with Crippen LogP contribution in [0.15, 0.2) is 24.5 Å². The minimum absolute atomic E-state index is 0.258. The molecule has 10 heteroatoms. The summed E-state index contributed by atoms with van der Waals surface area (Å²) in [5.74, 6) is 1.07. The van der Waals surface area contributed by atoms with E-state index in [9.17, 15) is 4.79 Å². The van der Waals surface area contributed by atoms with Gasteiger partial charge in [0, 0.05) is 24.8 Å². The number of carbonyl (C=O) groups is 1. The van der Waals surface area contributed by atoms with Gasteiger partial charge in [-0.25, -0.2) is 14.6 Å². The molecule has 0 aliphatic carbocycles. The Hall–Kier alpha value is -2.16. The zero-order valence-corrected chi connectivity index (χ0v) is 16.4. The van der Waals surface area contributed by atoms with Crippen molar-refractivity contribution < 1.29 is 4.79 Å². The van der Waals surface area contributed by atoms with Gasteiger partial charge in [-0.05, 0) is 26.0 Å². The van der Waals surface area contributed by atoms with E-state index >= 15 is 0 Å². The largest absolute Gasteiger partial charge is 0.368 e. The van der Waals surface area contributed by atoms with Crippen LogP contribution < -0.4 is 10.6 Å². The Morgan fingerprint density at radius 1 is 1.19 bits per heavy atom. The van der Waals surface area contributed by atoms with Crippen molar-refractivity contribution in [1.29, 1.82) is 0 Å². The highest BCUT2D eigenvalue weighted by Gasteiger charge is 2.13. The number of hydrogen-bond donors (Lipinski definition) is 2. The highest BCUT2D eigenvalue weighted by atomic mass is 35.5. The van der Waals surface area contributed by atoms with E-state index < -0.39 is 0 Å². The average Bonchev–Trinajstić information content (AvgIpc) is 3.12. The highest BCUT2D eigenvalue weighted by Crippen LogP contribution is 2.30. The topological polar surface area (TPSA) is 84.7 Å². The molecular weight excluding hydrogens is 395 g/mol. The molecule has 3 aromatic heterocycles. The number of thiophene rings is 1. The van der Waals surface area contributed by atoms with Crippen molar-refractivity contribution in [1.82, 2.24) is 25.1 Å².